The molecule has 0 saturated heterocycles. The summed E-state index contributed by atoms with van der Waals surface area (Å²) in [6, 6.07) is 3.38. The van der Waals surface area contributed by atoms with Gasteiger partial charge < -0.3 is 5.32 Å². The van der Waals surface area contributed by atoms with Crippen LogP contribution < -0.4 is 5.32 Å². The molecule has 0 radical (unpaired) electrons. The molecule has 0 aliphatic carbocycles. The van der Waals surface area contributed by atoms with Crippen LogP contribution in [0.1, 0.15) is 15.9 Å². The standard InChI is InChI=1S/C13H7ClF4N2O/c14-9-3-4-19-6-11(9)20-12(21)7-1-2-10(15)8(5-7)13(16,17)18/h1-6H,(H,20,21). The summed E-state index contributed by atoms with van der Waals surface area (Å²) in [6.07, 6.45) is -2.25. The van der Waals surface area contributed by atoms with Crippen molar-refractivity contribution in [2.24, 2.45) is 0 Å². The van der Waals surface area contributed by atoms with Gasteiger partial charge in [0.1, 0.15) is 5.82 Å². The Morgan fingerprint density at radius 1 is 1.24 bits per heavy atom. The first-order valence-corrected chi connectivity index (χ1v) is 5.94. The molecule has 1 amide bonds. The Hall–Kier alpha value is -2.15. The van der Waals surface area contributed by atoms with Crippen molar-refractivity contribution in [3.63, 3.8) is 0 Å². The summed E-state index contributed by atoms with van der Waals surface area (Å²) < 4.78 is 50.9. The quantitative estimate of drug-likeness (QED) is 0.845. The van der Waals surface area contributed by atoms with Gasteiger partial charge in [-0.2, -0.15) is 13.2 Å². The molecular weight excluding hydrogens is 312 g/mol. The van der Waals surface area contributed by atoms with E-state index in [1.807, 2.05) is 0 Å². The zero-order valence-electron chi connectivity index (χ0n) is 10.2. The average Bonchev–Trinajstić information content (AvgIpc) is 2.40. The van der Waals surface area contributed by atoms with E-state index >= 15 is 0 Å². The third kappa shape index (κ3) is 3.49. The van der Waals surface area contributed by atoms with Gasteiger partial charge in [0.2, 0.25) is 0 Å². The second-order valence-corrected chi connectivity index (χ2v) is 4.41. The molecule has 1 aromatic carbocycles. The number of hydrogen-bond donors (Lipinski definition) is 1. The molecular formula is C13H7ClF4N2O. The van der Waals surface area contributed by atoms with Crippen molar-refractivity contribution >= 4 is 23.2 Å². The van der Waals surface area contributed by atoms with Crippen LogP contribution in [-0.2, 0) is 6.18 Å². The molecule has 2 aromatic rings. The van der Waals surface area contributed by atoms with Gasteiger partial charge in [0.25, 0.3) is 5.91 Å². The predicted octanol–water partition coefficient (Wildman–Crippen LogP) is 4.15. The predicted molar refractivity (Wildman–Crippen MR) is 68.6 cm³/mol. The van der Waals surface area contributed by atoms with Crippen molar-refractivity contribution in [1.82, 2.24) is 4.98 Å². The highest BCUT2D eigenvalue weighted by Crippen LogP contribution is 2.32. The minimum absolute atomic E-state index is 0.141. The zero-order chi connectivity index (χ0) is 15.6. The van der Waals surface area contributed by atoms with Crippen LogP contribution in [-0.4, -0.2) is 10.9 Å². The third-order valence-corrected chi connectivity index (χ3v) is 2.88. The number of carbonyl (C=O) groups excluding carboxylic acids is 1. The first kappa shape index (κ1) is 15.2. The van der Waals surface area contributed by atoms with Gasteiger partial charge in [-0.3, -0.25) is 9.78 Å². The van der Waals surface area contributed by atoms with Crippen LogP contribution in [0.15, 0.2) is 36.7 Å². The molecule has 0 spiro atoms. The summed E-state index contributed by atoms with van der Waals surface area (Å²) in [5, 5.41) is 2.48. The molecule has 0 saturated carbocycles. The smallest absolute Gasteiger partial charge is 0.319 e. The summed E-state index contributed by atoms with van der Waals surface area (Å²) in [4.78, 5) is 15.6. The number of rotatable bonds is 2. The van der Waals surface area contributed by atoms with Gasteiger partial charge in [-0.15, -0.1) is 0 Å². The number of nitrogens with one attached hydrogen (secondary N) is 1. The van der Waals surface area contributed by atoms with E-state index in [4.69, 9.17) is 11.6 Å². The van der Waals surface area contributed by atoms with E-state index in [1.54, 1.807) is 0 Å². The Balaban J connectivity index is 2.31. The van der Waals surface area contributed by atoms with E-state index in [0.717, 1.165) is 6.07 Å². The van der Waals surface area contributed by atoms with Crippen LogP contribution in [0, 0.1) is 5.82 Å². The van der Waals surface area contributed by atoms with Gasteiger partial charge in [0, 0.05) is 11.8 Å². The number of benzene rings is 1. The molecule has 1 aromatic heterocycles. The number of anilines is 1. The van der Waals surface area contributed by atoms with Crippen molar-refractivity contribution in [3.8, 4) is 0 Å². The van der Waals surface area contributed by atoms with Crippen LogP contribution >= 0.6 is 11.6 Å². The maximum absolute atomic E-state index is 13.1. The Labute approximate surface area is 121 Å². The van der Waals surface area contributed by atoms with Crippen molar-refractivity contribution in [3.05, 3.63) is 58.6 Å². The highest BCUT2D eigenvalue weighted by molar-refractivity contribution is 6.33. The van der Waals surface area contributed by atoms with Crippen molar-refractivity contribution in [2.75, 3.05) is 5.32 Å². The molecule has 0 fully saturated rings. The molecule has 110 valence electrons. The Bertz CT molecular complexity index is 688. The third-order valence-electron chi connectivity index (χ3n) is 2.55. The number of pyridine rings is 1. The lowest BCUT2D eigenvalue weighted by atomic mass is 10.1. The molecule has 0 bridgehead atoms. The van der Waals surface area contributed by atoms with Crippen LogP contribution in [0.3, 0.4) is 0 Å². The molecule has 0 atom stereocenters. The zero-order valence-corrected chi connectivity index (χ0v) is 11.0. The first-order valence-electron chi connectivity index (χ1n) is 5.56. The topological polar surface area (TPSA) is 42.0 Å². The fourth-order valence-electron chi connectivity index (χ4n) is 1.55. The molecule has 0 unspecified atom stereocenters. The first-order chi connectivity index (χ1) is 9.79. The summed E-state index contributed by atoms with van der Waals surface area (Å²) >= 11 is 5.79. The molecule has 0 aliphatic heterocycles. The lowest BCUT2D eigenvalue weighted by molar-refractivity contribution is -0.140. The molecule has 2 rings (SSSR count). The Morgan fingerprint density at radius 2 is 1.95 bits per heavy atom. The summed E-state index contributed by atoms with van der Waals surface area (Å²) in [5.74, 6) is -2.30. The van der Waals surface area contributed by atoms with Crippen LogP contribution in [0.25, 0.3) is 0 Å². The number of alkyl halides is 3. The van der Waals surface area contributed by atoms with E-state index in [-0.39, 0.29) is 16.3 Å². The van der Waals surface area contributed by atoms with Crippen LogP contribution in [0.2, 0.25) is 5.02 Å². The van der Waals surface area contributed by atoms with E-state index in [1.165, 1.54) is 18.5 Å². The maximum Gasteiger partial charge on any atom is 0.419 e. The molecule has 21 heavy (non-hydrogen) atoms. The summed E-state index contributed by atoms with van der Waals surface area (Å²) in [7, 11) is 0. The monoisotopic (exact) mass is 318 g/mol. The number of nitrogens with zero attached hydrogens (tertiary/aromatic N) is 1. The highest BCUT2D eigenvalue weighted by Gasteiger charge is 2.34. The minimum atomic E-state index is -4.88. The fourth-order valence-corrected chi connectivity index (χ4v) is 1.70. The van der Waals surface area contributed by atoms with Gasteiger partial charge >= 0.3 is 6.18 Å². The lowest BCUT2D eigenvalue weighted by Gasteiger charge is -2.10. The normalized spacial score (nSPS) is 11.3. The van der Waals surface area contributed by atoms with E-state index in [9.17, 15) is 22.4 Å². The van der Waals surface area contributed by atoms with Gasteiger partial charge in [0.15, 0.2) is 0 Å². The number of amides is 1. The van der Waals surface area contributed by atoms with Gasteiger partial charge in [-0.1, -0.05) is 11.6 Å². The van der Waals surface area contributed by atoms with E-state index in [2.05, 4.69) is 10.3 Å². The number of carbonyl (C=O) groups is 1. The number of halogens is 5. The molecule has 1 heterocycles. The van der Waals surface area contributed by atoms with Crippen molar-refractivity contribution in [2.45, 2.75) is 6.18 Å². The maximum atomic E-state index is 13.1. The van der Waals surface area contributed by atoms with Gasteiger partial charge in [0.05, 0.1) is 22.5 Å². The Kier molecular flexibility index (Phi) is 4.13. The van der Waals surface area contributed by atoms with Gasteiger partial charge in [-0.05, 0) is 24.3 Å². The largest absolute Gasteiger partial charge is 0.419 e. The second kappa shape index (κ2) is 5.69. The second-order valence-electron chi connectivity index (χ2n) is 4.00. The summed E-state index contributed by atoms with van der Waals surface area (Å²) in [5.41, 5.74) is -1.71. The number of hydrogen-bond acceptors (Lipinski definition) is 2. The van der Waals surface area contributed by atoms with E-state index in [0.29, 0.717) is 12.1 Å². The summed E-state index contributed by atoms with van der Waals surface area (Å²) in [6.45, 7) is 0. The molecule has 8 heteroatoms. The average molecular weight is 319 g/mol. The highest BCUT2D eigenvalue weighted by atomic mass is 35.5. The molecule has 1 N–H and O–H groups in total. The van der Waals surface area contributed by atoms with Crippen LogP contribution in [0.5, 0.6) is 0 Å². The Morgan fingerprint density at radius 3 is 2.57 bits per heavy atom. The van der Waals surface area contributed by atoms with Gasteiger partial charge in [-0.25, -0.2) is 4.39 Å². The molecule has 0 aliphatic rings. The minimum Gasteiger partial charge on any atom is -0.319 e. The van der Waals surface area contributed by atoms with Crippen molar-refractivity contribution in [1.29, 1.82) is 0 Å². The van der Waals surface area contributed by atoms with E-state index < -0.39 is 23.5 Å². The fraction of sp³-hybridized carbons (Fsp3) is 0.0769. The number of aromatic nitrogens is 1. The molecule has 3 nitrogen and oxygen atoms in total. The van der Waals surface area contributed by atoms with Crippen LogP contribution in [0.4, 0.5) is 23.2 Å². The lowest BCUT2D eigenvalue weighted by Crippen LogP contribution is -2.15. The van der Waals surface area contributed by atoms with Crippen molar-refractivity contribution < 1.29 is 22.4 Å². The SMILES string of the molecule is O=C(Nc1cnccc1Cl)c1ccc(F)c(C(F)(F)F)c1.